The molecule has 0 spiro atoms. The van der Waals surface area contributed by atoms with Gasteiger partial charge in [0.1, 0.15) is 5.82 Å². The molecule has 3 aromatic rings. The van der Waals surface area contributed by atoms with Gasteiger partial charge in [0.15, 0.2) is 0 Å². The third-order valence-corrected chi connectivity index (χ3v) is 6.70. The largest absolute Gasteiger partial charge is 0.419 e. The Labute approximate surface area is 212 Å². The smallest absolute Gasteiger partial charge is 0.369 e. The highest BCUT2D eigenvalue weighted by molar-refractivity contribution is 5.77. The van der Waals surface area contributed by atoms with Gasteiger partial charge in [-0.15, -0.1) is 0 Å². The highest BCUT2D eigenvalue weighted by Crippen LogP contribution is 2.33. The lowest BCUT2D eigenvalue weighted by molar-refractivity contribution is -0.138. The molecule has 1 saturated heterocycles. The maximum Gasteiger partial charge on any atom is 0.419 e. The van der Waals surface area contributed by atoms with Crippen LogP contribution in [-0.2, 0) is 30.2 Å². The van der Waals surface area contributed by atoms with Gasteiger partial charge < -0.3 is 16.0 Å². The Morgan fingerprint density at radius 3 is 2.46 bits per heavy atom. The van der Waals surface area contributed by atoms with Gasteiger partial charge in [0.05, 0.1) is 17.7 Å². The topological polar surface area (TPSA) is 84.1 Å². The summed E-state index contributed by atoms with van der Waals surface area (Å²) >= 11 is 0. The molecule has 1 fully saturated rings. The van der Waals surface area contributed by atoms with Crippen molar-refractivity contribution < 1.29 is 22.4 Å². The molecule has 10 heteroatoms. The summed E-state index contributed by atoms with van der Waals surface area (Å²) in [5, 5.41) is 2.84. The first-order valence-corrected chi connectivity index (χ1v) is 12.1. The van der Waals surface area contributed by atoms with Crippen molar-refractivity contribution in [1.82, 2.24) is 14.9 Å². The van der Waals surface area contributed by atoms with Crippen molar-refractivity contribution in [1.29, 1.82) is 0 Å². The van der Waals surface area contributed by atoms with E-state index in [1.54, 1.807) is 36.4 Å². The molecular formula is C27H29F4N5O. The fraction of sp³-hybridized carbons (Fsp3) is 0.370. The summed E-state index contributed by atoms with van der Waals surface area (Å²) in [5.74, 6) is -0.805. The van der Waals surface area contributed by atoms with Gasteiger partial charge in [0.25, 0.3) is 0 Å². The zero-order chi connectivity index (χ0) is 26.6. The predicted molar refractivity (Wildman–Crippen MR) is 133 cm³/mol. The van der Waals surface area contributed by atoms with Crippen LogP contribution >= 0.6 is 0 Å². The predicted octanol–water partition coefficient (Wildman–Crippen LogP) is 5.00. The van der Waals surface area contributed by atoms with Crippen LogP contribution in [0.5, 0.6) is 0 Å². The molecule has 0 aliphatic carbocycles. The number of primary amides is 1. The number of carbonyl (C=O) groups is 1. The number of hydrogen-bond acceptors (Lipinski definition) is 5. The lowest BCUT2D eigenvalue weighted by atomic mass is 9.89. The van der Waals surface area contributed by atoms with E-state index in [9.17, 15) is 22.4 Å². The monoisotopic (exact) mass is 515 g/mol. The van der Waals surface area contributed by atoms with E-state index in [-0.39, 0.29) is 42.6 Å². The first kappa shape index (κ1) is 26.5. The van der Waals surface area contributed by atoms with Crippen LogP contribution in [0.4, 0.5) is 29.2 Å². The standard InChI is InChI=1S/C27H29F4N5O/c1-36-12-10-18(11-13-36)21-8-7-20(15-23(21)28)34-26-33-16-22(27(29,30)31)24(35-26)9-6-17-4-2-3-5-19(17)14-25(32)37/h2-5,7-8,15-16,18H,6,9-14H2,1H3,(H2,32,37)(H,33,34,35). The second kappa shape index (κ2) is 11.2. The Kier molecular flexibility index (Phi) is 8.06. The van der Waals surface area contributed by atoms with Crippen LogP contribution in [0.3, 0.4) is 0 Å². The normalized spacial score (nSPS) is 15.1. The molecule has 0 saturated carbocycles. The molecule has 3 N–H and O–H groups in total. The van der Waals surface area contributed by atoms with Crippen LogP contribution in [0.15, 0.2) is 48.7 Å². The number of nitrogens with two attached hydrogens (primary N) is 1. The molecule has 0 unspecified atom stereocenters. The number of aryl methyl sites for hydroxylation is 2. The van der Waals surface area contributed by atoms with E-state index >= 15 is 0 Å². The summed E-state index contributed by atoms with van der Waals surface area (Å²) in [4.78, 5) is 21.5. The maximum absolute atomic E-state index is 14.9. The third kappa shape index (κ3) is 6.82. The lowest BCUT2D eigenvalue weighted by Crippen LogP contribution is -2.29. The Hall–Kier alpha value is -3.53. The molecule has 196 valence electrons. The van der Waals surface area contributed by atoms with Crippen LogP contribution in [0, 0.1) is 5.82 Å². The number of likely N-dealkylation sites (tertiary alicyclic amines) is 1. The summed E-state index contributed by atoms with van der Waals surface area (Å²) in [6.07, 6.45) is -1.97. The summed E-state index contributed by atoms with van der Waals surface area (Å²) in [6.45, 7) is 1.80. The zero-order valence-corrected chi connectivity index (χ0v) is 20.5. The molecule has 1 amide bonds. The van der Waals surface area contributed by atoms with E-state index in [4.69, 9.17) is 5.73 Å². The number of carbonyl (C=O) groups excluding carboxylic acids is 1. The number of anilines is 2. The number of piperidine rings is 1. The van der Waals surface area contributed by atoms with Crippen LogP contribution < -0.4 is 11.1 Å². The first-order chi connectivity index (χ1) is 17.6. The summed E-state index contributed by atoms with van der Waals surface area (Å²) < 4.78 is 55.9. The molecule has 37 heavy (non-hydrogen) atoms. The highest BCUT2D eigenvalue weighted by atomic mass is 19.4. The Morgan fingerprint density at radius 1 is 1.11 bits per heavy atom. The molecule has 0 bridgehead atoms. The number of hydrogen-bond donors (Lipinski definition) is 2. The zero-order valence-electron chi connectivity index (χ0n) is 20.5. The third-order valence-electron chi connectivity index (χ3n) is 6.70. The minimum absolute atomic E-state index is 0.00199. The highest BCUT2D eigenvalue weighted by Gasteiger charge is 2.35. The number of aromatic nitrogens is 2. The van der Waals surface area contributed by atoms with E-state index in [1.165, 1.54) is 6.07 Å². The number of nitrogens with zero attached hydrogens (tertiary/aromatic N) is 3. The van der Waals surface area contributed by atoms with Gasteiger partial charge in [0, 0.05) is 11.9 Å². The maximum atomic E-state index is 14.9. The van der Waals surface area contributed by atoms with E-state index in [1.807, 2.05) is 7.05 Å². The number of rotatable bonds is 8. The molecular weight excluding hydrogens is 486 g/mol. The minimum Gasteiger partial charge on any atom is -0.369 e. The van der Waals surface area contributed by atoms with Crippen LogP contribution in [0.25, 0.3) is 0 Å². The van der Waals surface area contributed by atoms with Crippen molar-refractivity contribution in [3.8, 4) is 0 Å². The summed E-state index contributed by atoms with van der Waals surface area (Å²) in [7, 11) is 2.04. The minimum atomic E-state index is -4.64. The second-order valence-corrected chi connectivity index (χ2v) is 9.40. The van der Waals surface area contributed by atoms with Crippen molar-refractivity contribution in [2.45, 2.75) is 44.2 Å². The van der Waals surface area contributed by atoms with Gasteiger partial charge in [0.2, 0.25) is 11.9 Å². The molecule has 2 heterocycles. The van der Waals surface area contributed by atoms with Crippen LogP contribution in [-0.4, -0.2) is 40.9 Å². The number of halogens is 4. The molecule has 0 atom stereocenters. The lowest BCUT2D eigenvalue weighted by Gasteiger charge is -2.29. The number of amides is 1. The van der Waals surface area contributed by atoms with Crippen molar-refractivity contribution in [2.24, 2.45) is 5.73 Å². The fourth-order valence-corrected chi connectivity index (χ4v) is 4.70. The Balaban J connectivity index is 1.53. The van der Waals surface area contributed by atoms with Crippen molar-refractivity contribution in [3.63, 3.8) is 0 Å². The summed E-state index contributed by atoms with van der Waals surface area (Å²) in [6, 6.07) is 11.7. The number of nitrogens with one attached hydrogen (secondary N) is 1. The van der Waals surface area contributed by atoms with Gasteiger partial charge in [-0.25, -0.2) is 14.4 Å². The van der Waals surface area contributed by atoms with Crippen molar-refractivity contribution in [3.05, 3.63) is 82.4 Å². The molecule has 1 aromatic heterocycles. The first-order valence-electron chi connectivity index (χ1n) is 12.1. The van der Waals surface area contributed by atoms with E-state index in [0.29, 0.717) is 22.4 Å². The van der Waals surface area contributed by atoms with Gasteiger partial charge in [-0.3, -0.25) is 4.79 Å². The number of benzene rings is 2. The van der Waals surface area contributed by atoms with Crippen molar-refractivity contribution in [2.75, 3.05) is 25.5 Å². The average Bonchev–Trinajstić information content (AvgIpc) is 2.83. The Bertz CT molecular complexity index is 1260. The summed E-state index contributed by atoms with van der Waals surface area (Å²) in [5.41, 5.74) is 6.54. The van der Waals surface area contributed by atoms with Gasteiger partial charge in [-0.2, -0.15) is 13.2 Å². The average molecular weight is 516 g/mol. The van der Waals surface area contributed by atoms with E-state index < -0.39 is 17.6 Å². The molecule has 4 rings (SSSR count). The Morgan fingerprint density at radius 2 is 1.81 bits per heavy atom. The molecule has 1 aliphatic heterocycles. The quantitative estimate of drug-likeness (QED) is 0.413. The SMILES string of the molecule is CN1CCC(c2ccc(Nc3ncc(C(F)(F)F)c(CCc4ccccc4CC(N)=O)n3)cc2F)CC1. The molecule has 2 aromatic carbocycles. The van der Waals surface area contributed by atoms with E-state index in [0.717, 1.165) is 32.1 Å². The van der Waals surface area contributed by atoms with Crippen LogP contribution in [0.1, 0.15) is 46.7 Å². The second-order valence-electron chi connectivity index (χ2n) is 9.40. The van der Waals surface area contributed by atoms with Crippen LogP contribution in [0.2, 0.25) is 0 Å². The molecule has 1 aliphatic rings. The molecule has 0 radical (unpaired) electrons. The fourth-order valence-electron chi connectivity index (χ4n) is 4.70. The van der Waals surface area contributed by atoms with Gasteiger partial charge in [-0.1, -0.05) is 30.3 Å². The number of alkyl halides is 3. The van der Waals surface area contributed by atoms with Gasteiger partial charge >= 0.3 is 6.18 Å². The van der Waals surface area contributed by atoms with E-state index in [2.05, 4.69) is 20.2 Å². The van der Waals surface area contributed by atoms with Gasteiger partial charge in [-0.05, 0) is 80.6 Å². The van der Waals surface area contributed by atoms with Crippen molar-refractivity contribution >= 4 is 17.5 Å². The molecule has 6 nitrogen and oxygen atoms in total.